The second kappa shape index (κ2) is 9.11. The number of thiophene rings is 1. The number of alkyl halides is 1. The number of hydrogen-bond donors (Lipinski definition) is 0. The van der Waals surface area contributed by atoms with Crippen molar-refractivity contribution in [1.82, 2.24) is 14.7 Å². The number of carbonyl (C=O) groups excluding carboxylic acids is 1. The van der Waals surface area contributed by atoms with Crippen LogP contribution in [0.1, 0.15) is 52.8 Å². The highest BCUT2D eigenvalue weighted by Gasteiger charge is 2.35. The molecule has 0 spiro atoms. The molecule has 4 rings (SSSR count). The van der Waals surface area contributed by atoms with Crippen LogP contribution in [0.2, 0.25) is 0 Å². The van der Waals surface area contributed by atoms with Gasteiger partial charge in [-0.05, 0) is 43.0 Å². The maximum Gasteiger partial charge on any atom is 0.282 e. The number of rotatable bonds is 6. The molecule has 0 bridgehead atoms. The highest BCUT2D eigenvalue weighted by atomic mass is 32.1. The summed E-state index contributed by atoms with van der Waals surface area (Å²) < 4.78 is 30.7. The number of amides is 1. The summed E-state index contributed by atoms with van der Waals surface area (Å²) in [6.07, 6.45) is 2.78. The van der Waals surface area contributed by atoms with Crippen LogP contribution in [0.4, 0.5) is 8.78 Å². The van der Waals surface area contributed by atoms with Gasteiger partial charge >= 0.3 is 0 Å². The fourth-order valence-electron chi connectivity index (χ4n) is 4.52. The third-order valence-electron chi connectivity index (χ3n) is 5.90. The van der Waals surface area contributed by atoms with Crippen molar-refractivity contribution < 1.29 is 13.6 Å². The summed E-state index contributed by atoms with van der Waals surface area (Å²) in [5.41, 5.74) is 4.05. The van der Waals surface area contributed by atoms with E-state index in [2.05, 4.69) is 33.9 Å². The highest BCUT2D eigenvalue weighted by Crippen LogP contribution is 2.44. The standard InChI is InChI=1S/C25H28F2N3OPS/c1-5-10-30-13-21(23(28-30)25(4,27)32)18-9-7-6-8-17(18)20-12-29(24(31)16(3)26)14-22-19(20)11-15(2)33-22/h6-9,11,13,20H,3,5,10,12,14,32H2,1-2,4H3/t20-,25?/m1/s1. The van der Waals surface area contributed by atoms with Crippen LogP contribution in [0.3, 0.4) is 0 Å². The predicted molar refractivity (Wildman–Crippen MR) is 133 cm³/mol. The van der Waals surface area contributed by atoms with Gasteiger partial charge in [0.2, 0.25) is 0 Å². The van der Waals surface area contributed by atoms with Gasteiger partial charge in [0.1, 0.15) is 5.69 Å². The molecule has 2 aromatic heterocycles. The summed E-state index contributed by atoms with van der Waals surface area (Å²) in [4.78, 5) is 16.2. The molecular weight excluding hydrogens is 459 g/mol. The topological polar surface area (TPSA) is 38.1 Å². The maximum atomic E-state index is 15.2. The van der Waals surface area contributed by atoms with Crippen molar-refractivity contribution in [3.8, 4) is 11.1 Å². The van der Waals surface area contributed by atoms with Crippen molar-refractivity contribution in [3.05, 3.63) is 75.5 Å². The van der Waals surface area contributed by atoms with Gasteiger partial charge in [0.25, 0.3) is 5.91 Å². The number of aromatic nitrogens is 2. The fraction of sp³-hybridized carbons (Fsp3) is 0.360. The van der Waals surface area contributed by atoms with Crippen molar-refractivity contribution >= 4 is 26.5 Å². The number of halogens is 2. The van der Waals surface area contributed by atoms with Crippen LogP contribution in [-0.2, 0) is 23.3 Å². The maximum absolute atomic E-state index is 15.2. The lowest BCUT2D eigenvalue weighted by Crippen LogP contribution is -2.38. The Kier molecular flexibility index (Phi) is 6.56. The number of hydrogen-bond acceptors (Lipinski definition) is 3. The minimum absolute atomic E-state index is 0.170. The largest absolute Gasteiger partial charge is 0.331 e. The summed E-state index contributed by atoms with van der Waals surface area (Å²) in [7, 11) is 2.24. The number of nitrogens with zero attached hydrogens (tertiary/aromatic N) is 3. The molecule has 0 aliphatic carbocycles. The molecule has 3 aromatic rings. The van der Waals surface area contributed by atoms with E-state index < -0.39 is 17.1 Å². The zero-order chi connectivity index (χ0) is 23.9. The van der Waals surface area contributed by atoms with E-state index in [9.17, 15) is 9.18 Å². The van der Waals surface area contributed by atoms with Crippen molar-refractivity contribution in [2.75, 3.05) is 6.54 Å². The highest BCUT2D eigenvalue weighted by molar-refractivity contribution is 7.18. The molecule has 1 aliphatic rings. The van der Waals surface area contributed by atoms with E-state index >= 15 is 4.39 Å². The van der Waals surface area contributed by atoms with Gasteiger partial charge in [0, 0.05) is 40.5 Å². The van der Waals surface area contributed by atoms with Crippen LogP contribution in [0.25, 0.3) is 11.1 Å². The number of benzene rings is 1. The molecular formula is C25H28F2N3OPS. The van der Waals surface area contributed by atoms with E-state index in [4.69, 9.17) is 0 Å². The summed E-state index contributed by atoms with van der Waals surface area (Å²) in [5, 5.41) is 2.84. The second-order valence-electron chi connectivity index (χ2n) is 8.70. The van der Waals surface area contributed by atoms with Crippen molar-refractivity contribution in [3.63, 3.8) is 0 Å². The first-order valence-electron chi connectivity index (χ1n) is 11.0. The van der Waals surface area contributed by atoms with Crippen LogP contribution in [-0.4, -0.2) is 27.1 Å². The second-order valence-corrected chi connectivity index (χ2v) is 11.1. The quantitative estimate of drug-likeness (QED) is 0.302. The van der Waals surface area contributed by atoms with E-state index in [1.807, 2.05) is 37.4 Å². The monoisotopic (exact) mass is 487 g/mol. The van der Waals surface area contributed by atoms with E-state index in [1.165, 1.54) is 11.8 Å². The Balaban J connectivity index is 1.87. The van der Waals surface area contributed by atoms with Gasteiger partial charge in [-0.3, -0.25) is 9.48 Å². The average molecular weight is 488 g/mol. The molecule has 0 N–H and O–H groups in total. The Morgan fingerprint density at radius 2 is 2.06 bits per heavy atom. The van der Waals surface area contributed by atoms with Crippen molar-refractivity contribution in [2.45, 2.75) is 51.6 Å². The summed E-state index contributed by atoms with van der Waals surface area (Å²) in [6, 6.07) is 9.99. The molecule has 1 aliphatic heterocycles. The van der Waals surface area contributed by atoms with E-state index in [1.54, 1.807) is 16.0 Å². The molecule has 0 radical (unpaired) electrons. The minimum Gasteiger partial charge on any atom is -0.331 e. The molecule has 0 saturated carbocycles. The Hall–Kier alpha value is -2.37. The molecule has 1 amide bonds. The van der Waals surface area contributed by atoms with Crippen LogP contribution in [0, 0.1) is 6.92 Å². The van der Waals surface area contributed by atoms with Gasteiger partial charge in [0.05, 0.1) is 6.54 Å². The van der Waals surface area contributed by atoms with E-state index in [-0.39, 0.29) is 5.92 Å². The van der Waals surface area contributed by atoms with Crippen LogP contribution in [0.15, 0.2) is 48.9 Å². The number of fused-ring (bicyclic) bond motifs is 1. The molecule has 0 saturated heterocycles. The molecule has 1 aromatic carbocycles. The van der Waals surface area contributed by atoms with E-state index in [0.29, 0.717) is 25.3 Å². The molecule has 8 heteroatoms. The SMILES string of the molecule is C=C(F)C(=O)N1Cc2sc(C)cc2[C@@H](c2ccccc2-c2cn(CCC)nc2C(C)(F)P)C1. The first-order valence-corrected chi connectivity index (χ1v) is 12.4. The molecule has 4 nitrogen and oxygen atoms in total. The first-order chi connectivity index (χ1) is 15.6. The number of carbonyl (C=O) groups is 1. The molecule has 2 unspecified atom stereocenters. The molecule has 3 heterocycles. The minimum atomic E-state index is -1.70. The lowest BCUT2D eigenvalue weighted by atomic mass is 9.83. The Morgan fingerprint density at radius 1 is 1.33 bits per heavy atom. The normalized spacial score (nSPS) is 17.5. The van der Waals surface area contributed by atoms with Crippen LogP contribution in [0.5, 0.6) is 0 Å². The zero-order valence-corrected chi connectivity index (χ0v) is 21.0. The van der Waals surface area contributed by atoms with Crippen LogP contribution >= 0.6 is 20.6 Å². The van der Waals surface area contributed by atoms with Gasteiger partial charge in [0.15, 0.2) is 11.2 Å². The average Bonchev–Trinajstić information content (AvgIpc) is 3.35. The third kappa shape index (κ3) is 4.67. The van der Waals surface area contributed by atoms with Gasteiger partial charge < -0.3 is 4.90 Å². The predicted octanol–water partition coefficient (Wildman–Crippen LogP) is 6.30. The molecule has 3 atom stereocenters. The Labute approximate surface area is 199 Å². The lowest BCUT2D eigenvalue weighted by molar-refractivity contribution is -0.129. The summed E-state index contributed by atoms with van der Waals surface area (Å²) in [6.45, 7) is 10.1. The Bertz CT molecular complexity index is 1210. The Morgan fingerprint density at radius 3 is 2.73 bits per heavy atom. The lowest BCUT2D eigenvalue weighted by Gasteiger charge is -2.33. The summed E-state index contributed by atoms with van der Waals surface area (Å²) in [5.74, 6) is -1.82. The van der Waals surface area contributed by atoms with Gasteiger partial charge in [-0.1, -0.05) is 47.0 Å². The summed E-state index contributed by atoms with van der Waals surface area (Å²) >= 11 is 1.62. The number of aryl methyl sites for hydroxylation is 2. The third-order valence-corrected chi connectivity index (χ3v) is 7.23. The van der Waals surface area contributed by atoms with Crippen molar-refractivity contribution in [1.29, 1.82) is 0 Å². The van der Waals surface area contributed by atoms with E-state index in [0.717, 1.165) is 38.4 Å². The molecule has 174 valence electrons. The molecule has 0 fully saturated rings. The fourth-order valence-corrected chi connectivity index (χ4v) is 5.85. The van der Waals surface area contributed by atoms with Crippen molar-refractivity contribution in [2.24, 2.45) is 0 Å². The smallest absolute Gasteiger partial charge is 0.282 e. The first kappa shape index (κ1) is 23.8. The molecule has 33 heavy (non-hydrogen) atoms. The van der Waals surface area contributed by atoms with Gasteiger partial charge in [-0.15, -0.1) is 11.3 Å². The van der Waals surface area contributed by atoms with Crippen LogP contribution < -0.4 is 0 Å². The zero-order valence-electron chi connectivity index (χ0n) is 19.1. The van der Waals surface area contributed by atoms with Gasteiger partial charge in [-0.25, -0.2) is 8.78 Å². The van der Waals surface area contributed by atoms with Gasteiger partial charge in [-0.2, -0.15) is 5.10 Å².